The summed E-state index contributed by atoms with van der Waals surface area (Å²) in [5.41, 5.74) is 1.75. The molecule has 0 aromatic carbocycles. The topological polar surface area (TPSA) is 79.1 Å². The van der Waals surface area contributed by atoms with Gasteiger partial charge in [0, 0.05) is 6.07 Å². The zero-order valence-corrected chi connectivity index (χ0v) is 11.7. The first-order valence-corrected chi connectivity index (χ1v) is 6.20. The Bertz CT molecular complexity index is 609. The first-order chi connectivity index (χ1) is 9.69. The van der Waals surface area contributed by atoms with E-state index in [-0.39, 0.29) is 5.69 Å². The summed E-state index contributed by atoms with van der Waals surface area (Å²) in [7, 11) is 2.89. The summed E-state index contributed by atoms with van der Waals surface area (Å²) in [5, 5.41) is 7.87. The molecular formula is C13H16N4O3. The summed E-state index contributed by atoms with van der Waals surface area (Å²) in [5.74, 6) is 0.0561. The Morgan fingerprint density at radius 2 is 2.15 bits per heavy atom. The molecule has 0 radical (unpaired) electrons. The van der Waals surface area contributed by atoms with Crippen molar-refractivity contribution in [3.63, 3.8) is 0 Å². The van der Waals surface area contributed by atoms with Crippen LogP contribution in [0.25, 0.3) is 0 Å². The standard InChI is InChI=1S/C13H16N4O3/c1-4-10-12(13(18)20-3)15-16-17(10)8-9-6-5-7-11(14-9)19-2/h5-7H,4,8H2,1-3H3. The molecule has 2 aromatic rings. The summed E-state index contributed by atoms with van der Waals surface area (Å²) < 4.78 is 11.4. The number of hydrogen-bond acceptors (Lipinski definition) is 6. The predicted octanol–water partition coefficient (Wildman–Crippen LogP) is 1.08. The molecule has 2 rings (SSSR count). The minimum Gasteiger partial charge on any atom is -0.481 e. The Morgan fingerprint density at radius 1 is 1.35 bits per heavy atom. The highest BCUT2D eigenvalue weighted by atomic mass is 16.5. The van der Waals surface area contributed by atoms with E-state index in [0.29, 0.717) is 18.8 Å². The monoisotopic (exact) mass is 276 g/mol. The number of hydrogen-bond donors (Lipinski definition) is 0. The maximum Gasteiger partial charge on any atom is 0.360 e. The fraction of sp³-hybridized carbons (Fsp3) is 0.385. The molecule has 7 nitrogen and oxygen atoms in total. The molecule has 0 fully saturated rings. The second-order valence-corrected chi connectivity index (χ2v) is 4.06. The van der Waals surface area contributed by atoms with Crippen LogP contribution >= 0.6 is 0 Å². The van der Waals surface area contributed by atoms with Crippen molar-refractivity contribution in [3.05, 3.63) is 35.3 Å². The number of nitrogens with zero attached hydrogens (tertiary/aromatic N) is 4. The molecule has 0 aliphatic rings. The van der Waals surface area contributed by atoms with Crippen LogP contribution in [0.4, 0.5) is 0 Å². The van der Waals surface area contributed by atoms with Gasteiger partial charge < -0.3 is 9.47 Å². The number of carbonyl (C=O) groups excluding carboxylic acids is 1. The number of rotatable bonds is 5. The largest absolute Gasteiger partial charge is 0.481 e. The quantitative estimate of drug-likeness (QED) is 0.760. The third kappa shape index (κ3) is 2.76. The van der Waals surface area contributed by atoms with Crippen LogP contribution in [0.15, 0.2) is 18.2 Å². The fourth-order valence-corrected chi connectivity index (χ4v) is 1.88. The summed E-state index contributed by atoms with van der Waals surface area (Å²) >= 11 is 0. The summed E-state index contributed by atoms with van der Waals surface area (Å²) in [6.07, 6.45) is 0.626. The van der Waals surface area contributed by atoms with Crippen molar-refractivity contribution < 1.29 is 14.3 Å². The molecule has 20 heavy (non-hydrogen) atoms. The van der Waals surface area contributed by atoms with Crippen LogP contribution in [0.3, 0.4) is 0 Å². The second-order valence-electron chi connectivity index (χ2n) is 4.06. The van der Waals surface area contributed by atoms with Crippen molar-refractivity contribution in [3.8, 4) is 5.88 Å². The number of methoxy groups -OCH3 is 2. The average Bonchev–Trinajstić information content (AvgIpc) is 2.89. The molecule has 0 saturated carbocycles. The molecule has 0 amide bonds. The summed E-state index contributed by atoms with van der Waals surface area (Å²) in [6, 6.07) is 5.48. The van der Waals surface area contributed by atoms with Gasteiger partial charge in [0.25, 0.3) is 0 Å². The minimum absolute atomic E-state index is 0.248. The fourth-order valence-electron chi connectivity index (χ4n) is 1.88. The van der Waals surface area contributed by atoms with Gasteiger partial charge in [0.1, 0.15) is 0 Å². The van der Waals surface area contributed by atoms with E-state index in [1.54, 1.807) is 17.9 Å². The van der Waals surface area contributed by atoms with Gasteiger partial charge in [0.2, 0.25) is 5.88 Å². The van der Waals surface area contributed by atoms with Crippen LogP contribution in [-0.4, -0.2) is 40.2 Å². The lowest BCUT2D eigenvalue weighted by Crippen LogP contribution is -2.10. The van der Waals surface area contributed by atoms with Crippen molar-refractivity contribution >= 4 is 5.97 Å². The molecule has 0 saturated heterocycles. The van der Waals surface area contributed by atoms with Gasteiger partial charge in [-0.15, -0.1) is 5.10 Å². The molecule has 0 aliphatic heterocycles. The van der Waals surface area contributed by atoms with Gasteiger partial charge >= 0.3 is 5.97 Å². The van der Waals surface area contributed by atoms with Crippen LogP contribution < -0.4 is 4.74 Å². The van der Waals surface area contributed by atoms with Gasteiger partial charge in [-0.05, 0) is 12.5 Å². The van der Waals surface area contributed by atoms with Crippen LogP contribution in [0.2, 0.25) is 0 Å². The molecule has 106 valence electrons. The lowest BCUT2D eigenvalue weighted by atomic mass is 10.2. The van der Waals surface area contributed by atoms with Crippen molar-refractivity contribution in [2.24, 2.45) is 0 Å². The number of carbonyl (C=O) groups is 1. The minimum atomic E-state index is -0.480. The maximum atomic E-state index is 11.6. The zero-order chi connectivity index (χ0) is 14.5. The molecule has 0 N–H and O–H groups in total. The van der Waals surface area contributed by atoms with Gasteiger partial charge in [0.15, 0.2) is 5.69 Å². The molecule has 0 unspecified atom stereocenters. The Kier molecular flexibility index (Phi) is 4.29. The highest BCUT2D eigenvalue weighted by molar-refractivity contribution is 5.88. The van der Waals surface area contributed by atoms with E-state index in [0.717, 1.165) is 11.4 Å². The molecule has 2 heterocycles. The molecule has 7 heteroatoms. The van der Waals surface area contributed by atoms with Crippen LogP contribution in [0.5, 0.6) is 5.88 Å². The van der Waals surface area contributed by atoms with Crippen molar-refractivity contribution in [1.82, 2.24) is 20.0 Å². The van der Waals surface area contributed by atoms with E-state index < -0.39 is 5.97 Å². The van der Waals surface area contributed by atoms with Crippen LogP contribution in [-0.2, 0) is 17.7 Å². The highest BCUT2D eigenvalue weighted by Gasteiger charge is 2.19. The Labute approximate surface area is 116 Å². The zero-order valence-electron chi connectivity index (χ0n) is 11.7. The number of pyridine rings is 1. The second kappa shape index (κ2) is 6.14. The van der Waals surface area contributed by atoms with E-state index in [2.05, 4.69) is 20.0 Å². The van der Waals surface area contributed by atoms with Crippen LogP contribution in [0.1, 0.15) is 28.8 Å². The van der Waals surface area contributed by atoms with Gasteiger partial charge in [0.05, 0.1) is 32.2 Å². The van der Waals surface area contributed by atoms with Gasteiger partial charge in [-0.1, -0.05) is 18.2 Å². The maximum absolute atomic E-state index is 11.6. The molecule has 0 spiro atoms. The normalized spacial score (nSPS) is 10.3. The third-order valence-corrected chi connectivity index (χ3v) is 2.85. The molecule has 2 aromatic heterocycles. The third-order valence-electron chi connectivity index (χ3n) is 2.85. The van der Waals surface area contributed by atoms with Crippen LogP contribution in [0, 0.1) is 0 Å². The summed E-state index contributed by atoms with van der Waals surface area (Å²) in [6.45, 7) is 2.35. The van der Waals surface area contributed by atoms with E-state index in [1.807, 2.05) is 19.1 Å². The molecule has 0 bridgehead atoms. The molecule has 0 aliphatic carbocycles. The molecular weight excluding hydrogens is 260 g/mol. The lowest BCUT2D eigenvalue weighted by Gasteiger charge is -2.06. The van der Waals surface area contributed by atoms with Crippen molar-refractivity contribution in [2.45, 2.75) is 19.9 Å². The SMILES string of the molecule is CCc1c(C(=O)OC)nnn1Cc1cccc(OC)n1. The summed E-state index contributed by atoms with van der Waals surface area (Å²) in [4.78, 5) is 15.9. The first kappa shape index (κ1) is 14.0. The lowest BCUT2D eigenvalue weighted by molar-refractivity contribution is 0.0592. The average molecular weight is 276 g/mol. The smallest absolute Gasteiger partial charge is 0.360 e. The van der Waals surface area contributed by atoms with E-state index in [9.17, 15) is 4.79 Å². The predicted molar refractivity (Wildman–Crippen MR) is 70.6 cm³/mol. The molecule has 0 atom stereocenters. The Morgan fingerprint density at radius 3 is 2.80 bits per heavy atom. The Hall–Kier alpha value is -2.44. The number of esters is 1. The Balaban J connectivity index is 2.29. The first-order valence-electron chi connectivity index (χ1n) is 6.20. The van der Waals surface area contributed by atoms with E-state index in [1.165, 1.54) is 7.11 Å². The number of aromatic nitrogens is 4. The van der Waals surface area contributed by atoms with Gasteiger partial charge in [-0.2, -0.15) is 0 Å². The van der Waals surface area contributed by atoms with E-state index in [4.69, 9.17) is 4.74 Å². The van der Waals surface area contributed by atoms with Gasteiger partial charge in [-0.3, -0.25) is 0 Å². The van der Waals surface area contributed by atoms with Crippen molar-refractivity contribution in [1.29, 1.82) is 0 Å². The van der Waals surface area contributed by atoms with Crippen molar-refractivity contribution in [2.75, 3.05) is 14.2 Å². The number of ether oxygens (including phenoxy) is 2. The van der Waals surface area contributed by atoms with E-state index >= 15 is 0 Å². The van der Waals surface area contributed by atoms with Gasteiger partial charge in [-0.25, -0.2) is 14.5 Å². The highest BCUT2D eigenvalue weighted by Crippen LogP contribution is 2.12.